The molecule has 0 radical (unpaired) electrons. The van der Waals surface area contributed by atoms with Gasteiger partial charge in [-0.1, -0.05) is 29.8 Å². The van der Waals surface area contributed by atoms with Crippen LogP contribution in [0.15, 0.2) is 24.3 Å². The molecule has 136 valence electrons. The molecule has 3 N–H and O–H groups in total. The molecule has 2 unspecified atom stereocenters. The molecule has 0 saturated carbocycles. The second-order valence-corrected chi connectivity index (χ2v) is 6.57. The predicted octanol–water partition coefficient (Wildman–Crippen LogP) is 1.31. The molecule has 0 bridgehead atoms. The van der Waals surface area contributed by atoms with Crippen molar-refractivity contribution in [3.8, 4) is 0 Å². The fourth-order valence-electron chi connectivity index (χ4n) is 3.01. The lowest BCUT2D eigenvalue weighted by Gasteiger charge is -2.28. The molecule has 0 aliphatic carbocycles. The maximum absolute atomic E-state index is 12.5. The summed E-state index contributed by atoms with van der Waals surface area (Å²) >= 11 is 0. The van der Waals surface area contributed by atoms with E-state index >= 15 is 0 Å². The Hall–Kier alpha value is -2.41. The zero-order valence-corrected chi connectivity index (χ0v) is 14.5. The van der Waals surface area contributed by atoms with E-state index in [1.165, 1.54) is 6.92 Å². The van der Waals surface area contributed by atoms with Crippen LogP contribution in [0.4, 0.5) is 0 Å². The second kappa shape index (κ2) is 8.11. The lowest BCUT2D eigenvalue weighted by molar-refractivity contribution is -0.139. The SMILES string of the molecule is CC(=O)NC(CC(=O)NC1(CC(=O)O)CCOC1)c1ccc(C)cc1. The largest absolute Gasteiger partial charge is 0.481 e. The standard InChI is InChI=1S/C18H24N2O5/c1-12-3-5-14(6-4-12)15(19-13(2)21)9-16(22)20-18(10-17(23)24)7-8-25-11-18/h3-6,15H,7-11H2,1-2H3,(H,19,21)(H,20,22)(H,23,24). The number of carbonyl (C=O) groups is 3. The van der Waals surface area contributed by atoms with Gasteiger partial charge in [-0.2, -0.15) is 0 Å². The van der Waals surface area contributed by atoms with Gasteiger partial charge in [-0.25, -0.2) is 0 Å². The number of amides is 2. The minimum Gasteiger partial charge on any atom is -0.481 e. The van der Waals surface area contributed by atoms with E-state index < -0.39 is 17.6 Å². The Labute approximate surface area is 146 Å². The first-order chi connectivity index (χ1) is 11.8. The number of aryl methyl sites for hydroxylation is 1. The molecular formula is C18H24N2O5. The van der Waals surface area contributed by atoms with Crippen LogP contribution in [-0.2, 0) is 19.1 Å². The van der Waals surface area contributed by atoms with Crippen LogP contribution in [0.1, 0.15) is 43.4 Å². The van der Waals surface area contributed by atoms with E-state index in [1.807, 2.05) is 31.2 Å². The highest BCUT2D eigenvalue weighted by atomic mass is 16.5. The molecule has 1 aliphatic heterocycles. The number of carboxylic acids is 1. The van der Waals surface area contributed by atoms with Crippen molar-refractivity contribution in [2.75, 3.05) is 13.2 Å². The van der Waals surface area contributed by atoms with E-state index in [-0.39, 0.29) is 31.3 Å². The third-order valence-electron chi connectivity index (χ3n) is 4.24. The normalized spacial score (nSPS) is 20.7. The Kier molecular flexibility index (Phi) is 6.14. The molecule has 2 amide bonds. The molecule has 25 heavy (non-hydrogen) atoms. The van der Waals surface area contributed by atoms with Crippen LogP contribution in [-0.4, -0.2) is 41.6 Å². The lowest BCUT2D eigenvalue weighted by Crippen LogP contribution is -2.51. The van der Waals surface area contributed by atoms with Gasteiger partial charge in [0.2, 0.25) is 11.8 Å². The highest BCUT2D eigenvalue weighted by molar-refractivity contribution is 5.80. The van der Waals surface area contributed by atoms with Crippen molar-refractivity contribution >= 4 is 17.8 Å². The lowest BCUT2D eigenvalue weighted by atomic mass is 9.93. The van der Waals surface area contributed by atoms with Gasteiger partial charge in [-0.15, -0.1) is 0 Å². The highest BCUT2D eigenvalue weighted by Gasteiger charge is 2.39. The number of nitrogens with one attached hydrogen (secondary N) is 2. The first kappa shape index (κ1) is 18.9. The molecule has 1 aromatic carbocycles. The number of rotatable bonds is 7. The first-order valence-electron chi connectivity index (χ1n) is 8.24. The fourth-order valence-corrected chi connectivity index (χ4v) is 3.01. The molecule has 7 heteroatoms. The van der Waals surface area contributed by atoms with Crippen LogP contribution in [0.3, 0.4) is 0 Å². The molecule has 1 fully saturated rings. The zero-order chi connectivity index (χ0) is 18.4. The van der Waals surface area contributed by atoms with Crippen molar-refractivity contribution < 1.29 is 24.2 Å². The van der Waals surface area contributed by atoms with Gasteiger partial charge in [-0.3, -0.25) is 14.4 Å². The molecule has 1 aromatic rings. The monoisotopic (exact) mass is 348 g/mol. The van der Waals surface area contributed by atoms with E-state index in [2.05, 4.69) is 10.6 Å². The Morgan fingerprint density at radius 2 is 1.96 bits per heavy atom. The van der Waals surface area contributed by atoms with Crippen LogP contribution < -0.4 is 10.6 Å². The number of benzene rings is 1. The maximum Gasteiger partial charge on any atom is 0.305 e. The van der Waals surface area contributed by atoms with Crippen molar-refractivity contribution in [2.45, 2.75) is 44.7 Å². The molecule has 1 aliphatic rings. The molecule has 1 heterocycles. The van der Waals surface area contributed by atoms with Gasteiger partial charge >= 0.3 is 5.97 Å². The van der Waals surface area contributed by atoms with Crippen molar-refractivity contribution in [2.24, 2.45) is 0 Å². The van der Waals surface area contributed by atoms with E-state index in [9.17, 15) is 14.4 Å². The Morgan fingerprint density at radius 3 is 2.48 bits per heavy atom. The maximum atomic E-state index is 12.5. The minimum absolute atomic E-state index is 0.0318. The molecule has 1 saturated heterocycles. The molecule has 7 nitrogen and oxygen atoms in total. The number of aliphatic carboxylic acids is 1. The third kappa shape index (κ3) is 5.56. The smallest absolute Gasteiger partial charge is 0.305 e. The number of ether oxygens (including phenoxy) is 1. The van der Waals surface area contributed by atoms with Gasteiger partial charge in [0.25, 0.3) is 0 Å². The van der Waals surface area contributed by atoms with Crippen LogP contribution in [0.5, 0.6) is 0 Å². The summed E-state index contributed by atoms with van der Waals surface area (Å²) in [6.07, 6.45) is 0.304. The van der Waals surface area contributed by atoms with Crippen molar-refractivity contribution in [1.29, 1.82) is 0 Å². The van der Waals surface area contributed by atoms with Gasteiger partial charge in [0.15, 0.2) is 0 Å². The van der Waals surface area contributed by atoms with Crippen LogP contribution in [0, 0.1) is 6.92 Å². The van der Waals surface area contributed by atoms with Gasteiger partial charge in [-0.05, 0) is 18.9 Å². The molecule has 2 rings (SSSR count). The summed E-state index contributed by atoms with van der Waals surface area (Å²) in [6.45, 7) is 3.95. The van der Waals surface area contributed by atoms with Gasteiger partial charge in [0, 0.05) is 13.5 Å². The Morgan fingerprint density at radius 1 is 1.28 bits per heavy atom. The van der Waals surface area contributed by atoms with Gasteiger partial charge < -0.3 is 20.5 Å². The summed E-state index contributed by atoms with van der Waals surface area (Å²) in [6, 6.07) is 7.10. The van der Waals surface area contributed by atoms with Crippen molar-refractivity contribution in [3.63, 3.8) is 0 Å². The van der Waals surface area contributed by atoms with Crippen molar-refractivity contribution in [3.05, 3.63) is 35.4 Å². The Balaban J connectivity index is 2.09. The number of carboxylic acid groups (broad SMARTS) is 1. The topological polar surface area (TPSA) is 105 Å². The number of hydrogen-bond donors (Lipinski definition) is 3. The summed E-state index contributed by atoms with van der Waals surface area (Å²) in [5.74, 6) is -1.53. The summed E-state index contributed by atoms with van der Waals surface area (Å²) in [4.78, 5) is 35.1. The molecule has 2 atom stereocenters. The zero-order valence-electron chi connectivity index (χ0n) is 14.5. The quantitative estimate of drug-likeness (QED) is 0.689. The molecule has 0 aromatic heterocycles. The minimum atomic E-state index is -0.984. The highest BCUT2D eigenvalue weighted by Crippen LogP contribution is 2.24. The summed E-state index contributed by atoms with van der Waals surface area (Å²) in [5, 5.41) is 14.7. The number of carbonyl (C=O) groups excluding carboxylic acids is 2. The third-order valence-corrected chi connectivity index (χ3v) is 4.24. The van der Waals surface area contributed by atoms with E-state index in [0.29, 0.717) is 13.0 Å². The summed E-state index contributed by atoms with van der Waals surface area (Å²) < 4.78 is 5.28. The molecule has 0 spiro atoms. The van der Waals surface area contributed by atoms with E-state index in [0.717, 1.165) is 11.1 Å². The van der Waals surface area contributed by atoms with Crippen LogP contribution >= 0.6 is 0 Å². The average Bonchev–Trinajstić information content (AvgIpc) is 2.93. The van der Waals surface area contributed by atoms with E-state index in [4.69, 9.17) is 9.84 Å². The summed E-state index contributed by atoms with van der Waals surface area (Å²) in [7, 11) is 0. The van der Waals surface area contributed by atoms with Crippen LogP contribution in [0.25, 0.3) is 0 Å². The van der Waals surface area contributed by atoms with Crippen molar-refractivity contribution in [1.82, 2.24) is 10.6 Å². The van der Waals surface area contributed by atoms with E-state index in [1.54, 1.807) is 0 Å². The summed E-state index contributed by atoms with van der Waals surface area (Å²) in [5.41, 5.74) is 1.03. The fraction of sp³-hybridized carbons (Fsp3) is 0.500. The van der Waals surface area contributed by atoms with Crippen LogP contribution in [0.2, 0.25) is 0 Å². The average molecular weight is 348 g/mol. The van der Waals surface area contributed by atoms with Gasteiger partial charge in [0.1, 0.15) is 0 Å². The number of hydrogen-bond acceptors (Lipinski definition) is 4. The Bertz CT molecular complexity index is 635. The second-order valence-electron chi connectivity index (χ2n) is 6.57. The van der Waals surface area contributed by atoms with Gasteiger partial charge in [0.05, 0.1) is 31.0 Å². The molecular weight excluding hydrogens is 324 g/mol. The first-order valence-corrected chi connectivity index (χ1v) is 8.24. The predicted molar refractivity (Wildman–Crippen MR) is 90.9 cm³/mol.